The van der Waals surface area contributed by atoms with E-state index in [0.717, 1.165) is 24.2 Å². The lowest BCUT2D eigenvalue weighted by atomic mass is 10.0. The summed E-state index contributed by atoms with van der Waals surface area (Å²) >= 11 is 3.56. The van der Waals surface area contributed by atoms with Crippen molar-refractivity contribution in [2.24, 2.45) is 5.73 Å². The Labute approximate surface area is 130 Å². The van der Waals surface area contributed by atoms with E-state index in [9.17, 15) is 0 Å². The van der Waals surface area contributed by atoms with Crippen molar-refractivity contribution in [3.8, 4) is 0 Å². The van der Waals surface area contributed by atoms with Gasteiger partial charge in [0.15, 0.2) is 0 Å². The van der Waals surface area contributed by atoms with Crippen LogP contribution in [0.3, 0.4) is 0 Å². The number of likely N-dealkylation sites (N-methyl/N-ethyl adjacent to an activating group) is 1. The van der Waals surface area contributed by atoms with E-state index in [0.29, 0.717) is 12.6 Å². The van der Waals surface area contributed by atoms with E-state index in [-0.39, 0.29) is 6.04 Å². The highest BCUT2D eigenvalue weighted by atomic mass is 79.9. The number of halogens is 1. The Hall–Kier alpha value is -0.420. The van der Waals surface area contributed by atoms with Crippen molar-refractivity contribution in [2.75, 3.05) is 26.2 Å². The SMILES string of the molecule is CCN(CC1CCCO1)C(CN)c1ccc(Br)c(C)c1. The van der Waals surface area contributed by atoms with Gasteiger partial charge in [-0.3, -0.25) is 4.90 Å². The normalized spacial score (nSPS) is 20.6. The van der Waals surface area contributed by atoms with Gasteiger partial charge in [0.25, 0.3) is 0 Å². The van der Waals surface area contributed by atoms with Gasteiger partial charge < -0.3 is 10.5 Å². The minimum absolute atomic E-state index is 0.274. The molecule has 0 aromatic heterocycles. The second-order valence-corrected chi connectivity index (χ2v) is 6.34. The van der Waals surface area contributed by atoms with Gasteiger partial charge in [-0.2, -0.15) is 0 Å². The third kappa shape index (κ3) is 3.82. The van der Waals surface area contributed by atoms with Gasteiger partial charge in [-0.1, -0.05) is 35.0 Å². The fourth-order valence-corrected chi connectivity index (χ4v) is 3.14. The maximum absolute atomic E-state index is 6.05. The largest absolute Gasteiger partial charge is 0.377 e. The summed E-state index contributed by atoms with van der Waals surface area (Å²) < 4.78 is 6.92. The minimum atomic E-state index is 0.274. The van der Waals surface area contributed by atoms with Crippen LogP contribution >= 0.6 is 15.9 Å². The Bertz CT molecular complexity index is 432. The highest BCUT2D eigenvalue weighted by Gasteiger charge is 2.24. The molecule has 20 heavy (non-hydrogen) atoms. The number of nitrogens with two attached hydrogens (primary N) is 1. The third-order valence-corrected chi connectivity index (χ3v) is 4.99. The molecule has 0 radical (unpaired) electrons. The molecule has 0 spiro atoms. The van der Waals surface area contributed by atoms with Gasteiger partial charge in [0.05, 0.1) is 6.10 Å². The van der Waals surface area contributed by atoms with Crippen molar-refractivity contribution in [1.29, 1.82) is 0 Å². The zero-order chi connectivity index (χ0) is 14.5. The lowest BCUT2D eigenvalue weighted by Crippen LogP contribution is -2.38. The fourth-order valence-electron chi connectivity index (χ4n) is 2.90. The molecule has 2 N–H and O–H groups in total. The van der Waals surface area contributed by atoms with Crippen LogP contribution < -0.4 is 5.73 Å². The molecule has 4 heteroatoms. The van der Waals surface area contributed by atoms with E-state index in [1.807, 2.05) is 0 Å². The van der Waals surface area contributed by atoms with Crippen LogP contribution in [0.5, 0.6) is 0 Å². The number of aryl methyl sites for hydroxylation is 1. The lowest BCUT2D eigenvalue weighted by Gasteiger charge is -2.32. The van der Waals surface area contributed by atoms with Crippen molar-refractivity contribution < 1.29 is 4.74 Å². The molecule has 1 aromatic carbocycles. The van der Waals surface area contributed by atoms with Gasteiger partial charge in [0.1, 0.15) is 0 Å². The van der Waals surface area contributed by atoms with E-state index in [1.165, 1.54) is 24.0 Å². The molecule has 3 nitrogen and oxygen atoms in total. The molecule has 1 fully saturated rings. The molecule has 2 atom stereocenters. The van der Waals surface area contributed by atoms with Crippen LogP contribution in [0.25, 0.3) is 0 Å². The summed E-state index contributed by atoms with van der Waals surface area (Å²) in [4.78, 5) is 2.44. The molecular formula is C16H25BrN2O. The minimum Gasteiger partial charge on any atom is -0.377 e. The zero-order valence-corrected chi connectivity index (χ0v) is 14.0. The van der Waals surface area contributed by atoms with Crippen LogP contribution in [0.15, 0.2) is 22.7 Å². The van der Waals surface area contributed by atoms with Crippen LogP contribution in [-0.4, -0.2) is 37.2 Å². The van der Waals surface area contributed by atoms with Crippen molar-refractivity contribution in [1.82, 2.24) is 4.90 Å². The molecule has 1 heterocycles. The average Bonchev–Trinajstić information content (AvgIpc) is 2.95. The van der Waals surface area contributed by atoms with Gasteiger partial charge in [0.2, 0.25) is 0 Å². The van der Waals surface area contributed by atoms with Crippen molar-refractivity contribution in [3.05, 3.63) is 33.8 Å². The predicted molar refractivity (Wildman–Crippen MR) is 86.9 cm³/mol. The summed E-state index contributed by atoms with van der Waals surface area (Å²) in [6.07, 6.45) is 2.74. The molecule has 1 aromatic rings. The van der Waals surface area contributed by atoms with Crippen LogP contribution in [0.2, 0.25) is 0 Å². The van der Waals surface area contributed by atoms with Gasteiger partial charge >= 0.3 is 0 Å². The molecule has 0 saturated carbocycles. The Balaban J connectivity index is 2.12. The van der Waals surface area contributed by atoms with Crippen molar-refractivity contribution >= 4 is 15.9 Å². The summed E-state index contributed by atoms with van der Waals surface area (Å²) in [7, 11) is 0. The van der Waals surface area contributed by atoms with E-state index in [2.05, 4.69) is 52.9 Å². The topological polar surface area (TPSA) is 38.5 Å². The molecule has 112 valence electrons. The summed E-state index contributed by atoms with van der Waals surface area (Å²) in [6, 6.07) is 6.80. The quantitative estimate of drug-likeness (QED) is 0.863. The first-order valence-corrected chi connectivity index (χ1v) is 8.26. The van der Waals surface area contributed by atoms with Gasteiger partial charge in [-0.15, -0.1) is 0 Å². The molecule has 0 amide bonds. The molecule has 0 aliphatic carbocycles. The number of hydrogen-bond acceptors (Lipinski definition) is 3. The van der Waals surface area contributed by atoms with E-state index in [4.69, 9.17) is 10.5 Å². The summed E-state index contributed by atoms with van der Waals surface area (Å²) in [6.45, 7) is 7.85. The lowest BCUT2D eigenvalue weighted by molar-refractivity contribution is 0.0601. The van der Waals surface area contributed by atoms with Crippen molar-refractivity contribution in [3.63, 3.8) is 0 Å². The van der Waals surface area contributed by atoms with E-state index < -0.39 is 0 Å². The van der Waals surface area contributed by atoms with Gasteiger partial charge in [0, 0.05) is 30.2 Å². The molecule has 1 saturated heterocycles. The number of benzene rings is 1. The number of ether oxygens (including phenoxy) is 1. The first kappa shape index (κ1) is 16.0. The van der Waals surface area contributed by atoms with Crippen LogP contribution in [-0.2, 0) is 4.74 Å². The predicted octanol–water partition coefficient (Wildman–Crippen LogP) is 3.26. The maximum atomic E-state index is 6.05. The second-order valence-electron chi connectivity index (χ2n) is 5.48. The monoisotopic (exact) mass is 340 g/mol. The first-order chi connectivity index (χ1) is 9.65. The van der Waals surface area contributed by atoms with E-state index >= 15 is 0 Å². The first-order valence-electron chi connectivity index (χ1n) is 7.47. The number of hydrogen-bond donors (Lipinski definition) is 1. The molecule has 1 aliphatic rings. The Morgan fingerprint density at radius 1 is 1.50 bits per heavy atom. The molecule has 2 unspecified atom stereocenters. The highest BCUT2D eigenvalue weighted by Crippen LogP contribution is 2.26. The number of rotatable bonds is 6. The summed E-state index contributed by atoms with van der Waals surface area (Å²) in [5.74, 6) is 0. The average molecular weight is 341 g/mol. The molecule has 1 aliphatic heterocycles. The molecule has 2 rings (SSSR count). The Kier molecular flexibility index (Phi) is 6.02. The smallest absolute Gasteiger partial charge is 0.0703 e. The van der Waals surface area contributed by atoms with E-state index in [1.54, 1.807) is 0 Å². The maximum Gasteiger partial charge on any atom is 0.0703 e. The Morgan fingerprint density at radius 2 is 2.30 bits per heavy atom. The summed E-state index contributed by atoms with van der Waals surface area (Å²) in [5, 5.41) is 0. The third-order valence-electron chi connectivity index (χ3n) is 4.10. The van der Waals surface area contributed by atoms with Gasteiger partial charge in [-0.25, -0.2) is 0 Å². The molecular weight excluding hydrogens is 316 g/mol. The zero-order valence-electron chi connectivity index (χ0n) is 12.4. The van der Waals surface area contributed by atoms with Crippen LogP contribution in [0, 0.1) is 6.92 Å². The Morgan fingerprint density at radius 3 is 2.85 bits per heavy atom. The second kappa shape index (κ2) is 7.55. The van der Waals surface area contributed by atoms with Crippen LogP contribution in [0.4, 0.5) is 0 Å². The molecule has 0 bridgehead atoms. The van der Waals surface area contributed by atoms with Gasteiger partial charge in [-0.05, 0) is 43.5 Å². The van der Waals surface area contributed by atoms with Crippen LogP contribution in [0.1, 0.15) is 36.9 Å². The highest BCUT2D eigenvalue weighted by molar-refractivity contribution is 9.10. The standard InChI is InChI=1S/C16H25BrN2O/c1-3-19(11-14-5-4-8-20-14)16(10-18)13-6-7-15(17)12(2)9-13/h6-7,9,14,16H,3-5,8,10-11,18H2,1-2H3. The number of nitrogens with zero attached hydrogens (tertiary/aromatic N) is 1. The fraction of sp³-hybridized carbons (Fsp3) is 0.625. The summed E-state index contributed by atoms with van der Waals surface area (Å²) in [5.41, 5.74) is 8.61. The van der Waals surface area contributed by atoms with Crippen molar-refractivity contribution in [2.45, 2.75) is 38.8 Å².